The van der Waals surface area contributed by atoms with Gasteiger partial charge in [0, 0.05) is 17.7 Å². The van der Waals surface area contributed by atoms with E-state index in [9.17, 15) is 24.1 Å². The lowest BCUT2D eigenvalue weighted by molar-refractivity contribution is -0.384. The fourth-order valence-corrected chi connectivity index (χ4v) is 3.55. The summed E-state index contributed by atoms with van der Waals surface area (Å²) >= 11 is 1.03. The Hall–Kier alpha value is -3.40. The number of rotatable bonds is 5. The average Bonchev–Trinajstić information content (AvgIpc) is 2.98. The molecule has 0 unspecified atom stereocenters. The molecule has 3 aromatic rings. The van der Waals surface area contributed by atoms with Gasteiger partial charge in [-0.15, -0.1) is 0 Å². The summed E-state index contributed by atoms with van der Waals surface area (Å²) in [6, 6.07) is 9.04. The number of nitro groups is 1. The molecule has 144 valence electrons. The molecule has 0 aliphatic carbocycles. The Morgan fingerprint density at radius 1 is 1.25 bits per heavy atom. The number of benzene rings is 2. The highest BCUT2D eigenvalue weighted by Crippen LogP contribution is 2.23. The molecule has 0 saturated carbocycles. The highest BCUT2D eigenvalue weighted by Gasteiger charge is 2.15. The van der Waals surface area contributed by atoms with Crippen LogP contribution in [0.3, 0.4) is 0 Å². The molecule has 0 saturated heterocycles. The minimum absolute atomic E-state index is 0.117. The molecule has 2 aromatic carbocycles. The number of nitro benzene ring substituents is 1. The predicted octanol–water partition coefficient (Wildman–Crippen LogP) is 3.05. The summed E-state index contributed by atoms with van der Waals surface area (Å²) in [5.41, 5.74) is 0.565. The van der Waals surface area contributed by atoms with Gasteiger partial charge in [0.15, 0.2) is 4.80 Å². The first-order valence-corrected chi connectivity index (χ1v) is 8.98. The number of non-ortho nitro benzene ring substituents is 1. The van der Waals surface area contributed by atoms with Gasteiger partial charge in [0.25, 0.3) is 11.6 Å². The molecule has 0 N–H and O–H groups in total. The third-order valence-electron chi connectivity index (χ3n) is 3.76. The van der Waals surface area contributed by atoms with E-state index in [1.54, 1.807) is 6.92 Å². The van der Waals surface area contributed by atoms with Gasteiger partial charge in [-0.1, -0.05) is 11.3 Å². The van der Waals surface area contributed by atoms with Crippen LogP contribution in [0.2, 0.25) is 0 Å². The maximum absolute atomic E-state index is 13.0. The largest absolute Gasteiger partial charge is 0.465 e. The topological polar surface area (TPSA) is 104 Å². The van der Waals surface area contributed by atoms with Gasteiger partial charge in [0.05, 0.1) is 21.7 Å². The number of aromatic nitrogens is 1. The third-order valence-corrected chi connectivity index (χ3v) is 4.80. The van der Waals surface area contributed by atoms with Crippen molar-refractivity contribution in [3.63, 3.8) is 0 Å². The zero-order valence-corrected chi connectivity index (χ0v) is 15.4. The summed E-state index contributed by atoms with van der Waals surface area (Å²) in [6.07, 6.45) is 0. The Kier molecular flexibility index (Phi) is 5.59. The summed E-state index contributed by atoms with van der Waals surface area (Å²) in [6.45, 7) is 1.65. The molecule has 1 amide bonds. The van der Waals surface area contributed by atoms with Crippen LogP contribution in [0.25, 0.3) is 10.2 Å². The van der Waals surface area contributed by atoms with E-state index < -0.39 is 22.6 Å². The van der Waals surface area contributed by atoms with E-state index in [2.05, 4.69) is 4.99 Å². The molecule has 0 atom stereocenters. The number of fused-ring (bicyclic) bond motifs is 1. The number of esters is 1. The lowest BCUT2D eigenvalue weighted by atomic mass is 10.2. The van der Waals surface area contributed by atoms with Crippen molar-refractivity contribution in [1.82, 2.24) is 4.57 Å². The number of ether oxygens (including phenoxy) is 1. The van der Waals surface area contributed by atoms with Crippen LogP contribution in [0.15, 0.2) is 47.5 Å². The van der Waals surface area contributed by atoms with E-state index in [4.69, 9.17) is 4.74 Å². The van der Waals surface area contributed by atoms with E-state index in [1.807, 2.05) is 0 Å². The molecular weight excluding hydrogens is 389 g/mol. The smallest absolute Gasteiger partial charge is 0.326 e. The van der Waals surface area contributed by atoms with E-state index in [1.165, 1.54) is 34.9 Å². The zero-order chi connectivity index (χ0) is 20.3. The van der Waals surface area contributed by atoms with Gasteiger partial charge in [-0.05, 0) is 37.3 Å². The summed E-state index contributed by atoms with van der Waals surface area (Å²) in [4.78, 5) is 39.1. The number of halogens is 1. The molecule has 0 aliphatic heterocycles. The van der Waals surface area contributed by atoms with Crippen molar-refractivity contribution in [2.24, 2.45) is 4.99 Å². The quantitative estimate of drug-likeness (QED) is 0.370. The van der Waals surface area contributed by atoms with Gasteiger partial charge in [-0.2, -0.15) is 4.99 Å². The number of carbonyl (C=O) groups is 2. The second kappa shape index (κ2) is 8.09. The van der Waals surface area contributed by atoms with Gasteiger partial charge in [-0.25, -0.2) is 4.39 Å². The van der Waals surface area contributed by atoms with Crippen LogP contribution in [0.4, 0.5) is 10.1 Å². The number of carbonyl (C=O) groups excluding carboxylic acids is 2. The van der Waals surface area contributed by atoms with Crippen molar-refractivity contribution in [3.8, 4) is 0 Å². The Balaban J connectivity index is 2.12. The van der Waals surface area contributed by atoms with Crippen molar-refractivity contribution >= 4 is 39.1 Å². The lowest BCUT2D eigenvalue weighted by Gasteiger charge is -2.05. The molecule has 28 heavy (non-hydrogen) atoms. The number of nitrogens with zero attached hydrogens (tertiary/aromatic N) is 3. The summed E-state index contributed by atoms with van der Waals surface area (Å²) in [7, 11) is 0. The minimum Gasteiger partial charge on any atom is -0.465 e. The number of amides is 1. The number of hydrogen-bond donors (Lipinski definition) is 0. The Morgan fingerprint density at radius 2 is 1.96 bits per heavy atom. The molecule has 1 aromatic heterocycles. The van der Waals surface area contributed by atoms with Gasteiger partial charge in [-0.3, -0.25) is 19.7 Å². The Bertz CT molecular complexity index is 1130. The van der Waals surface area contributed by atoms with Crippen LogP contribution < -0.4 is 4.80 Å². The van der Waals surface area contributed by atoms with Crippen molar-refractivity contribution in [3.05, 3.63) is 68.8 Å². The fourth-order valence-electron chi connectivity index (χ4n) is 2.49. The lowest BCUT2D eigenvalue weighted by Crippen LogP contribution is -2.23. The summed E-state index contributed by atoms with van der Waals surface area (Å²) < 4.78 is 20.0. The average molecular weight is 403 g/mol. The molecule has 10 heteroatoms. The van der Waals surface area contributed by atoms with Crippen LogP contribution in [-0.2, 0) is 16.1 Å². The third kappa shape index (κ3) is 4.12. The Labute approximate surface area is 161 Å². The van der Waals surface area contributed by atoms with Crippen LogP contribution in [0.1, 0.15) is 17.3 Å². The van der Waals surface area contributed by atoms with Crippen molar-refractivity contribution in [2.75, 3.05) is 6.61 Å². The monoisotopic (exact) mass is 403 g/mol. The molecule has 8 nitrogen and oxygen atoms in total. The van der Waals surface area contributed by atoms with Crippen LogP contribution in [-0.4, -0.2) is 28.0 Å². The highest BCUT2D eigenvalue weighted by atomic mass is 32.1. The Morgan fingerprint density at radius 3 is 2.61 bits per heavy atom. The van der Waals surface area contributed by atoms with Crippen molar-refractivity contribution in [2.45, 2.75) is 13.5 Å². The maximum Gasteiger partial charge on any atom is 0.326 e. The predicted molar refractivity (Wildman–Crippen MR) is 99.4 cm³/mol. The van der Waals surface area contributed by atoms with Gasteiger partial charge in [0.1, 0.15) is 12.4 Å². The maximum atomic E-state index is 13.0. The van der Waals surface area contributed by atoms with E-state index in [-0.39, 0.29) is 29.2 Å². The molecule has 0 radical (unpaired) electrons. The van der Waals surface area contributed by atoms with Crippen LogP contribution >= 0.6 is 11.3 Å². The molecule has 3 rings (SSSR count). The molecule has 0 fully saturated rings. The standard InChI is InChI=1S/C18H14FN3O5S/c1-2-27-16(23)10-21-14-8-7-13(22(25)26)9-15(14)28-18(21)20-17(24)11-3-5-12(19)6-4-11/h3-9H,2,10H2,1H3. The second-order valence-corrected chi connectivity index (χ2v) is 6.62. The van der Waals surface area contributed by atoms with Crippen LogP contribution in [0, 0.1) is 15.9 Å². The molecular formula is C18H14FN3O5S. The fraction of sp³-hybridized carbons (Fsp3) is 0.167. The van der Waals surface area contributed by atoms with E-state index in [0.717, 1.165) is 23.5 Å². The molecule has 1 heterocycles. The van der Waals surface area contributed by atoms with Gasteiger partial charge < -0.3 is 9.30 Å². The SMILES string of the molecule is CCOC(=O)Cn1c(=NC(=O)c2ccc(F)cc2)sc2cc([N+](=O)[O-])ccc21. The zero-order valence-electron chi connectivity index (χ0n) is 14.6. The van der Waals surface area contributed by atoms with E-state index >= 15 is 0 Å². The second-order valence-electron chi connectivity index (χ2n) is 5.61. The van der Waals surface area contributed by atoms with Crippen molar-refractivity contribution in [1.29, 1.82) is 0 Å². The van der Waals surface area contributed by atoms with E-state index in [0.29, 0.717) is 10.2 Å². The summed E-state index contributed by atoms with van der Waals surface area (Å²) in [5.74, 6) is -1.64. The van der Waals surface area contributed by atoms with Gasteiger partial charge >= 0.3 is 5.97 Å². The summed E-state index contributed by atoms with van der Waals surface area (Å²) in [5, 5.41) is 11.0. The molecule has 0 spiro atoms. The normalized spacial score (nSPS) is 11.6. The first-order chi connectivity index (χ1) is 13.4. The number of thiazole rings is 1. The van der Waals surface area contributed by atoms with Crippen LogP contribution in [0.5, 0.6) is 0 Å². The van der Waals surface area contributed by atoms with Gasteiger partial charge in [0.2, 0.25) is 0 Å². The minimum atomic E-state index is -0.626. The molecule has 0 aliphatic rings. The highest BCUT2D eigenvalue weighted by molar-refractivity contribution is 7.16. The van der Waals surface area contributed by atoms with Crippen molar-refractivity contribution < 1.29 is 23.6 Å². The first kappa shape index (κ1) is 19.4. The number of hydrogen-bond acceptors (Lipinski definition) is 6. The molecule has 0 bridgehead atoms. The first-order valence-electron chi connectivity index (χ1n) is 8.17.